The molecule has 0 radical (unpaired) electrons. The molecule has 96 valence electrons. The van der Waals surface area contributed by atoms with Gasteiger partial charge in [0.1, 0.15) is 0 Å². The third-order valence-corrected chi connectivity index (χ3v) is 4.89. The molecule has 1 aromatic rings. The second-order valence-electron chi connectivity index (χ2n) is 4.39. The van der Waals surface area contributed by atoms with Gasteiger partial charge in [-0.15, -0.1) is 16.7 Å². The fraction of sp³-hybridized carbons (Fsp3) is 0.818. The Kier molecular flexibility index (Phi) is 4.56. The quantitative estimate of drug-likeness (QED) is 0.809. The summed E-state index contributed by atoms with van der Waals surface area (Å²) < 4.78 is 5.79. The predicted octanol–water partition coefficient (Wildman–Crippen LogP) is 2.94. The van der Waals surface area contributed by atoms with Crippen molar-refractivity contribution in [1.29, 1.82) is 0 Å². The number of nitrogens with zero attached hydrogens (tertiary/aromatic N) is 2. The Morgan fingerprint density at radius 2 is 2.18 bits per heavy atom. The Bertz CT molecular complexity index is 352. The van der Waals surface area contributed by atoms with Crippen LogP contribution in [0.1, 0.15) is 31.6 Å². The largest absolute Gasteiger partial charge is 0.408 e. The van der Waals surface area contributed by atoms with Gasteiger partial charge in [-0.2, -0.15) is 11.8 Å². The van der Waals surface area contributed by atoms with Crippen LogP contribution in [0.5, 0.6) is 0 Å². The molecule has 0 spiro atoms. The van der Waals surface area contributed by atoms with Gasteiger partial charge in [-0.05, 0) is 19.1 Å². The van der Waals surface area contributed by atoms with Crippen molar-refractivity contribution in [3.8, 4) is 0 Å². The molecule has 0 amide bonds. The van der Waals surface area contributed by atoms with Crippen molar-refractivity contribution in [2.24, 2.45) is 0 Å². The van der Waals surface area contributed by atoms with Crippen molar-refractivity contribution < 1.29 is 4.42 Å². The highest BCUT2D eigenvalue weighted by Gasteiger charge is 2.33. The first-order chi connectivity index (χ1) is 8.28. The van der Waals surface area contributed by atoms with Gasteiger partial charge < -0.3 is 9.73 Å². The minimum Gasteiger partial charge on any atom is -0.408 e. The lowest BCUT2D eigenvalue weighted by atomic mass is 10.1. The first-order valence-corrected chi connectivity index (χ1v) is 7.71. The van der Waals surface area contributed by atoms with Crippen LogP contribution in [0.2, 0.25) is 0 Å². The van der Waals surface area contributed by atoms with Crippen LogP contribution in [-0.2, 0) is 6.42 Å². The van der Waals surface area contributed by atoms with Gasteiger partial charge in [-0.25, -0.2) is 0 Å². The maximum Gasteiger partial charge on any atom is 0.315 e. The molecule has 6 heteroatoms. The van der Waals surface area contributed by atoms with Crippen LogP contribution in [-0.4, -0.2) is 33.6 Å². The summed E-state index contributed by atoms with van der Waals surface area (Å²) in [6, 6.07) is 0.519. The standard InChI is InChI=1S/C11H18ClN3OS/c1-17-11(5-2-3-6-11)8-13-10-15-14-9(16-10)4-7-12/h2-8H2,1H3,(H,13,15). The minimum atomic E-state index is 0.348. The minimum absolute atomic E-state index is 0.348. The number of anilines is 1. The molecule has 1 aliphatic carbocycles. The van der Waals surface area contributed by atoms with E-state index in [0.717, 1.165) is 6.54 Å². The topological polar surface area (TPSA) is 51.0 Å². The normalized spacial score (nSPS) is 18.5. The van der Waals surface area contributed by atoms with Gasteiger partial charge in [0.25, 0.3) is 0 Å². The molecule has 1 aliphatic rings. The molecule has 1 N–H and O–H groups in total. The number of aromatic nitrogens is 2. The molecule has 17 heavy (non-hydrogen) atoms. The Morgan fingerprint density at radius 1 is 1.41 bits per heavy atom. The zero-order valence-corrected chi connectivity index (χ0v) is 11.6. The van der Waals surface area contributed by atoms with E-state index < -0.39 is 0 Å². The van der Waals surface area contributed by atoms with E-state index >= 15 is 0 Å². The highest BCUT2D eigenvalue weighted by atomic mass is 35.5. The highest BCUT2D eigenvalue weighted by molar-refractivity contribution is 8.00. The van der Waals surface area contributed by atoms with Crippen LogP contribution in [0, 0.1) is 0 Å². The molecular formula is C11H18ClN3OS. The zero-order chi connectivity index (χ0) is 12.1. The van der Waals surface area contributed by atoms with Gasteiger partial charge in [0.2, 0.25) is 5.89 Å². The number of nitrogens with one attached hydrogen (secondary N) is 1. The molecule has 0 saturated heterocycles. The zero-order valence-electron chi connectivity index (χ0n) is 10.0. The molecule has 1 saturated carbocycles. The third-order valence-electron chi connectivity index (χ3n) is 3.28. The lowest BCUT2D eigenvalue weighted by Gasteiger charge is -2.26. The maximum atomic E-state index is 5.62. The molecule has 4 nitrogen and oxygen atoms in total. The van der Waals surface area contributed by atoms with E-state index in [0.29, 0.717) is 29.0 Å². The van der Waals surface area contributed by atoms with Gasteiger partial charge >= 0.3 is 6.01 Å². The summed E-state index contributed by atoms with van der Waals surface area (Å²) >= 11 is 7.56. The second kappa shape index (κ2) is 5.96. The van der Waals surface area contributed by atoms with E-state index in [2.05, 4.69) is 21.8 Å². The molecule has 0 aromatic carbocycles. The van der Waals surface area contributed by atoms with Crippen molar-refractivity contribution in [1.82, 2.24) is 10.2 Å². The molecule has 1 aromatic heterocycles. The summed E-state index contributed by atoms with van der Waals surface area (Å²) in [6.45, 7) is 0.899. The lowest BCUT2D eigenvalue weighted by Crippen LogP contribution is -2.30. The maximum absolute atomic E-state index is 5.62. The second-order valence-corrected chi connectivity index (χ2v) is 6.04. The van der Waals surface area contributed by atoms with Gasteiger partial charge in [0, 0.05) is 23.6 Å². The summed E-state index contributed by atoms with van der Waals surface area (Å²) in [5, 5.41) is 11.1. The Balaban J connectivity index is 1.87. The van der Waals surface area contributed by atoms with E-state index in [1.165, 1.54) is 25.7 Å². The SMILES string of the molecule is CSC1(CNc2nnc(CCCl)o2)CCCC1. The van der Waals surface area contributed by atoms with Crippen molar-refractivity contribution >= 4 is 29.4 Å². The summed E-state index contributed by atoms with van der Waals surface area (Å²) in [7, 11) is 0. The van der Waals surface area contributed by atoms with Crippen LogP contribution in [0.15, 0.2) is 4.42 Å². The summed E-state index contributed by atoms with van der Waals surface area (Å²) in [5.41, 5.74) is 0. The number of thioether (sulfide) groups is 1. The van der Waals surface area contributed by atoms with E-state index in [9.17, 15) is 0 Å². The fourth-order valence-corrected chi connectivity index (χ4v) is 3.29. The average molecular weight is 276 g/mol. The number of hydrogen-bond acceptors (Lipinski definition) is 5. The average Bonchev–Trinajstić information content (AvgIpc) is 2.96. The fourth-order valence-electron chi connectivity index (χ4n) is 2.22. The van der Waals surface area contributed by atoms with Gasteiger partial charge in [-0.1, -0.05) is 17.9 Å². The summed E-state index contributed by atoms with van der Waals surface area (Å²) in [4.78, 5) is 0. The van der Waals surface area contributed by atoms with Crippen LogP contribution >= 0.6 is 23.4 Å². The molecular weight excluding hydrogens is 258 g/mol. The van der Waals surface area contributed by atoms with Crippen molar-refractivity contribution in [2.75, 3.05) is 24.0 Å². The number of alkyl halides is 1. The van der Waals surface area contributed by atoms with E-state index in [1.807, 2.05) is 11.8 Å². The predicted molar refractivity (Wildman–Crippen MR) is 71.9 cm³/mol. The first-order valence-electron chi connectivity index (χ1n) is 5.95. The molecule has 0 bridgehead atoms. The van der Waals surface area contributed by atoms with Gasteiger partial charge in [0.15, 0.2) is 0 Å². The first kappa shape index (κ1) is 13.0. The van der Waals surface area contributed by atoms with Crippen LogP contribution in [0.3, 0.4) is 0 Å². The molecule has 1 fully saturated rings. The van der Waals surface area contributed by atoms with Crippen LogP contribution < -0.4 is 5.32 Å². The number of rotatable bonds is 6. The molecule has 2 rings (SSSR count). The molecule has 1 heterocycles. The molecule has 0 unspecified atom stereocenters. The van der Waals surface area contributed by atoms with E-state index in [4.69, 9.17) is 16.0 Å². The Labute approximate surface area is 111 Å². The van der Waals surface area contributed by atoms with Gasteiger partial charge in [0.05, 0.1) is 0 Å². The van der Waals surface area contributed by atoms with E-state index in [-0.39, 0.29) is 0 Å². The number of halogens is 1. The van der Waals surface area contributed by atoms with Crippen molar-refractivity contribution in [2.45, 2.75) is 36.9 Å². The lowest BCUT2D eigenvalue weighted by molar-refractivity contribution is 0.506. The van der Waals surface area contributed by atoms with Gasteiger partial charge in [-0.3, -0.25) is 0 Å². The number of hydrogen-bond donors (Lipinski definition) is 1. The summed E-state index contributed by atoms with van der Waals surface area (Å²) in [5.74, 6) is 1.11. The van der Waals surface area contributed by atoms with Crippen LogP contribution in [0.25, 0.3) is 0 Å². The monoisotopic (exact) mass is 275 g/mol. The Morgan fingerprint density at radius 3 is 2.82 bits per heavy atom. The summed E-state index contributed by atoms with van der Waals surface area (Å²) in [6.07, 6.45) is 7.99. The van der Waals surface area contributed by atoms with Crippen LogP contribution in [0.4, 0.5) is 6.01 Å². The highest BCUT2D eigenvalue weighted by Crippen LogP contribution is 2.40. The Hall–Kier alpha value is -0.420. The number of aryl methyl sites for hydroxylation is 1. The molecule has 0 aliphatic heterocycles. The smallest absolute Gasteiger partial charge is 0.315 e. The molecule has 0 atom stereocenters. The van der Waals surface area contributed by atoms with Crippen molar-refractivity contribution in [3.63, 3.8) is 0 Å². The third kappa shape index (κ3) is 3.28. The van der Waals surface area contributed by atoms with E-state index in [1.54, 1.807) is 0 Å². The van der Waals surface area contributed by atoms with Crippen molar-refractivity contribution in [3.05, 3.63) is 5.89 Å².